The van der Waals surface area contributed by atoms with Gasteiger partial charge in [0.15, 0.2) is 0 Å². The number of aromatic nitrogens is 2. The molecule has 3 rings (SSSR count). The monoisotopic (exact) mass is 279 g/mol. The number of hydrogen-bond donors (Lipinski definition) is 1. The van der Waals surface area contributed by atoms with Crippen molar-refractivity contribution in [2.45, 2.75) is 32.0 Å². The zero-order valence-corrected chi connectivity index (χ0v) is 11.2. The van der Waals surface area contributed by atoms with Crippen LogP contribution in [0.25, 0.3) is 0 Å². The van der Waals surface area contributed by atoms with Crippen LogP contribution in [0.15, 0.2) is 30.5 Å². The highest BCUT2D eigenvalue weighted by Crippen LogP contribution is 2.21. The fraction of sp³-hybridized carbons (Fsp3) is 0.357. The average Bonchev–Trinajstić information content (AvgIpc) is 3.11. The highest BCUT2D eigenvalue weighted by atomic mass is 35.5. The van der Waals surface area contributed by atoms with Crippen molar-refractivity contribution in [1.29, 1.82) is 0 Å². The van der Waals surface area contributed by atoms with Crippen molar-refractivity contribution < 1.29 is 4.39 Å². The number of rotatable bonds is 5. The maximum absolute atomic E-state index is 13.8. The smallest absolute Gasteiger partial charge is 0.129 e. The molecular formula is C14H15ClFN3. The first-order valence-electron chi connectivity index (χ1n) is 6.41. The number of nitrogens with one attached hydrogen (secondary N) is 1. The summed E-state index contributed by atoms with van der Waals surface area (Å²) in [7, 11) is 0. The third-order valence-electron chi connectivity index (χ3n) is 3.32. The lowest BCUT2D eigenvalue weighted by molar-refractivity contribution is 0.560. The van der Waals surface area contributed by atoms with Crippen LogP contribution < -0.4 is 5.32 Å². The van der Waals surface area contributed by atoms with Gasteiger partial charge in [-0.05, 0) is 31.0 Å². The Morgan fingerprint density at radius 2 is 2.21 bits per heavy atom. The predicted octanol–water partition coefficient (Wildman–Crippen LogP) is 2.98. The first-order chi connectivity index (χ1) is 9.24. The van der Waals surface area contributed by atoms with Crippen molar-refractivity contribution in [2.24, 2.45) is 0 Å². The topological polar surface area (TPSA) is 29.9 Å². The van der Waals surface area contributed by atoms with Gasteiger partial charge in [-0.3, -0.25) is 4.68 Å². The van der Waals surface area contributed by atoms with Gasteiger partial charge in [0.05, 0.1) is 12.2 Å². The highest BCUT2D eigenvalue weighted by Gasteiger charge is 2.20. The molecule has 0 saturated heterocycles. The summed E-state index contributed by atoms with van der Waals surface area (Å²) in [6.45, 7) is 1.12. The van der Waals surface area contributed by atoms with Crippen molar-refractivity contribution >= 4 is 11.6 Å². The van der Waals surface area contributed by atoms with E-state index in [0.29, 0.717) is 23.2 Å². The molecule has 0 bridgehead atoms. The zero-order valence-electron chi connectivity index (χ0n) is 10.4. The van der Waals surface area contributed by atoms with Gasteiger partial charge in [0.2, 0.25) is 0 Å². The molecule has 0 atom stereocenters. The summed E-state index contributed by atoms with van der Waals surface area (Å²) in [5.74, 6) is -0.288. The summed E-state index contributed by atoms with van der Waals surface area (Å²) >= 11 is 6.04. The molecule has 0 aliphatic heterocycles. The second-order valence-corrected chi connectivity index (χ2v) is 5.24. The van der Waals surface area contributed by atoms with Gasteiger partial charge in [0.25, 0.3) is 0 Å². The van der Waals surface area contributed by atoms with Crippen LogP contribution in [0.1, 0.15) is 24.1 Å². The Morgan fingerprint density at radius 3 is 2.95 bits per heavy atom. The van der Waals surface area contributed by atoms with Crippen LogP contribution in [0.2, 0.25) is 5.02 Å². The van der Waals surface area contributed by atoms with E-state index in [1.807, 2.05) is 6.07 Å². The third-order valence-corrected chi connectivity index (χ3v) is 3.68. The minimum absolute atomic E-state index is 0.288. The Hall–Kier alpha value is -1.39. The normalized spacial score (nSPS) is 14.8. The van der Waals surface area contributed by atoms with E-state index >= 15 is 0 Å². The first-order valence-corrected chi connectivity index (χ1v) is 6.79. The van der Waals surface area contributed by atoms with Crippen LogP contribution in [-0.2, 0) is 13.1 Å². The van der Waals surface area contributed by atoms with E-state index in [2.05, 4.69) is 10.4 Å². The van der Waals surface area contributed by atoms with Gasteiger partial charge >= 0.3 is 0 Å². The van der Waals surface area contributed by atoms with E-state index in [-0.39, 0.29) is 5.82 Å². The molecule has 0 unspecified atom stereocenters. The number of nitrogens with zero attached hydrogens (tertiary/aromatic N) is 2. The molecule has 1 heterocycles. The van der Waals surface area contributed by atoms with Crippen molar-refractivity contribution in [3.63, 3.8) is 0 Å². The molecule has 3 nitrogen and oxygen atoms in total. The molecule has 1 saturated carbocycles. The second-order valence-electron chi connectivity index (χ2n) is 4.84. The first kappa shape index (κ1) is 12.6. The lowest BCUT2D eigenvalue weighted by atomic mass is 10.2. The van der Waals surface area contributed by atoms with Crippen LogP contribution in [0.4, 0.5) is 4.39 Å². The van der Waals surface area contributed by atoms with Crippen LogP contribution in [-0.4, -0.2) is 15.8 Å². The van der Waals surface area contributed by atoms with Crippen LogP contribution in [0.3, 0.4) is 0 Å². The molecule has 1 aliphatic carbocycles. The molecule has 0 spiro atoms. The minimum atomic E-state index is -0.288. The lowest BCUT2D eigenvalue weighted by Gasteiger charge is -2.10. The fourth-order valence-electron chi connectivity index (χ4n) is 2.02. The molecule has 0 amide bonds. The molecule has 5 heteroatoms. The second kappa shape index (κ2) is 5.31. The summed E-state index contributed by atoms with van der Waals surface area (Å²) in [4.78, 5) is 0. The van der Waals surface area contributed by atoms with Gasteiger partial charge in [-0.15, -0.1) is 0 Å². The largest absolute Gasteiger partial charge is 0.308 e. The molecule has 1 aromatic heterocycles. The van der Waals surface area contributed by atoms with Gasteiger partial charge < -0.3 is 5.32 Å². The number of benzene rings is 1. The van der Waals surface area contributed by atoms with Crippen molar-refractivity contribution in [3.05, 3.63) is 52.6 Å². The van der Waals surface area contributed by atoms with Crippen LogP contribution >= 0.6 is 11.6 Å². The molecule has 1 aliphatic rings. The summed E-state index contributed by atoms with van der Waals surface area (Å²) in [5.41, 5.74) is 1.53. The minimum Gasteiger partial charge on any atom is -0.308 e. The van der Waals surface area contributed by atoms with Crippen molar-refractivity contribution in [3.8, 4) is 0 Å². The van der Waals surface area contributed by atoms with Crippen LogP contribution in [0, 0.1) is 5.82 Å². The van der Waals surface area contributed by atoms with E-state index in [1.165, 1.54) is 18.9 Å². The molecule has 19 heavy (non-hydrogen) atoms. The number of halogens is 2. The molecule has 0 radical (unpaired) electrons. The van der Waals surface area contributed by atoms with E-state index in [9.17, 15) is 4.39 Å². The zero-order chi connectivity index (χ0) is 13.2. The summed E-state index contributed by atoms with van der Waals surface area (Å²) in [5, 5.41) is 8.11. The SMILES string of the molecule is Fc1cccc(Cl)c1Cn1nccc1CNC1CC1. The van der Waals surface area contributed by atoms with E-state index in [0.717, 1.165) is 12.2 Å². The highest BCUT2D eigenvalue weighted by molar-refractivity contribution is 6.31. The third kappa shape index (κ3) is 2.96. The van der Waals surface area contributed by atoms with E-state index < -0.39 is 0 Å². The predicted molar refractivity (Wildman–Crippen MR) is 72.6 cm³/mol. The molecule has 100 valence electrons. The van der Waals surface area contributed by atoms with E-state index in [4.69, 9.17) is 11.6 Å². The molecule has 2 aromatic rings. The van der Waals surface area contributed by atoms with Gasteiger partial charge in [0, 0.05) is 29.4 Å². The van der Waals surface area contributed by atoms with Crippen LogP contribution in [0.5, 0.6) is 0 Å². The van der Waals surface area contributed by atoms with Gasteiger partial charge in [-0.25, -0.2) is 4.39 Å². The molecular weight excluding hydrogens is 265 g/mol. The Labute approximate surface area is 116 Å². The summed E-state index contributed by atoms with van der Waals surface area (Å²) in [6, 6.07) is 7.32. The summed E-state index contributed by atoms with van der Waals surface area (Å²) < 4.78 is 15.5. The molecule has 1 aromatic carbocycles. The standard InChI is InChI=1S/C14H15ClFN3/c15-13-2-1-3-14(16)12(13)9-19-11(6-7-18-19)8-17-10-4-5-10/h1-3,6-7,10,17H,4-5,8-9H2. The Morgan fingerprint density at radius 1 is 1.37 bits per heavy atom. The maximum atomic E-state index is 13.8. The number of hydrogen-bond acceptors (Lipinski definition) is 2. The molecule has 1 fully saturated rings. The van der Waals surface area contributed by atoms with E-state index in [1.54, 1.807) is 23.0 Å². The van der Waals surface area contributed by atoms with Crippen molar-refractivity contribution in [1.82, 2.24) is 15.1 Å². The molecule has 1 N–H and O–H groups in total. The van der Waals surface area contributed by atoms with Gasteiger partial charge in [-0.1, -0.05) is 17.7 Å². The quantitative estimate of drug-likeness (QED) is 0.912. The van der Waals surface area contributed by atoms with Crippen molar-refractivity contribution in [2.75, 3.05) is 0 Å². The van der Waals surface area contributed by atoms with Gasteiger partial charge in [-0.2, -0.15) is 5.10 Å². The lowest BCUT2D eigenvalue weighted by Crippen LogP contribution is -2.19. The fourth-order valence-corrected chi connectivity index (χ4v) is 2.24. The summed E-state index contributed by atoms with van der Waals surface area (Å²) in [6.07, 6.45) is 4.22. The average molecular weight is 280 g/mol. The Kier molecular flexibility index (Phi) is 3.53. The maximum Gasteiger partial charge on any atom is 0.129 e. The van der Waals surface area contributed by atoms with Gasteiger partial charge in [0.1, 0.15) is 5.82 Å². The Bertz CT molecular complexity index is 558. The Balaban J connectivity index is 1.77.